The SMILES string of the molecule is CS(=O)(=O)N1CCc2cc(NS(=O)(=O)c3ccc(F)cc3)ccc21. The Morgan fingerprint density at radius 2 is 1.71 bits per heavy atom. The second kappa shape index (κ2) is 5.75. The van der Waals surface area contributed by atoms with E-state index in [4.69, 9.17) is 0 Å². The van der Waals surface area contributed by atoms with Gasteiger partial charge in [-0.15, -0.1) is 0 Å². The van der Waals surface area contributed by atoms with E-state index in [-0.39, 0.29) is 4.90 Å². The van der Waals surface area contributed by atoms with Gasteiger partial charge in [-0.05, 0) is 54.4 Å². The summed E-state index contributed by atoms with van der Waals surface area (Å²) in [5.74, 6) is -0.521. The van der Waals surface area contributed by atoms with Gasteiger partial charge in [-0.2, -0.15) is 0 Å². The van der Waals surface area contributed by atoms with Crippen molar-refractivity contribution in [1.82, 2.24) is 0 Å². The molecule has 9 heteroatoms. The predicted molar refractivity (Wildman–Crippen MR) is 89.5 cm³/mol. The van der Waals surface area contributed by atoms with Crippen molar-refractivity contribution in [3.63, 3.8) is 0 Å². The number of benzene rings is 2. The summed E-state index contributed by atoms with van der Waals surface area (Å²) in [7, 11) is -7.19. The number of fused-ring (bicyclic) bond motifs is 1. The second-order valence-corrected chi connectivity index (χ2v) is 9.08. The highest BCUT2D eigenvalue weighted by Crippen LogP contribution is 2.32. The number of nitrogens with zero attached hydrogens (tertiary/aromatic N) is 1. The van der Waals surface area contributed by atoms with Crippen molar-refractivity contribution in [3.8, 4) is 0 Å². The highest BCUT2D eigenvalue weighted by molar-refractivity contribution is 7.92. The van der Waals surface area contributed by atoms with Crippen LogP contribution in [0.3, 0.4) is 0 Å². The number of hydrogen-bond acceptors (Lipinski definition) is 4. The van der Waals surface area contributed by atoms with Gasteiger partial charge in [0, 0.05) is 12.2 Å². The van der Waals surface area contributed by atoms with Gasteiger partial charge in [0.25, 0.3) is 10.0 Å². The molecule has 0 aromatic heterocycles. The summed E-state index contributed by atoms with van der Waals surface area (Å²) in [6, 6.07) is 9.19. The first-order valence-electron chi connectivity index (χ1n) is 7.06. The molecule has 0 saturated heterocycles. The Labute approximate surface area is 140 Å². The van der Waals surface area contributed by atoms with Crippen molar-refractivity contribution >= 4 is 31.4 Å². The van der Waals surface area contributed by atoms with Gasteiger partial charge in [0.05, 0.1) is 16.8 Å². The van der Waals surface area contributed by atoms with Crippen molar-refractivity contribution < 1.29 is 21.2 Å². The smallest absolute Gasteiger partial charge is 0.261 e. The van der Waals surface area contributed by atoms with Crippen LogP contribution in [0.25, 0.3) is 0 Å². The molecule has 0 atom stereocenters. The van der Waals surface area contributed by atoms with E-state index < -0.39 is 25.9 Å². The summed E-state index contributed by atoms with van der Waals surface area (Å²) >= 11 is 0. The first kappa shape index (κ1) is 16.7. The minimum atomic E-state index is -3.84. The Balaban J connectivity index is 1.89. The summed E-state index contributed by atoms with van der Waals surface area (Å²) < 4.78 is 64.6. The van der Waals surface area contributed by atoms with Crippen LogP contribution in [0.15, 0.2) is 47.4 Å². The lowest BCUT2D eigenvalue weighted by molar-refractivity contribution is 0.597. The first-order chi connectivity index (χ1) is 11.2. The van der Waals surface area contributed by atoms with E-state index in [0.29, 0.717) is 24.3 Å². The van der Waals surface area contributed by atoms with Crippen molar-refractivity contribution in [2.24, 2.45) is 0 Å². The lowest BCUT2D eigenvalue weighted by Crippen LogP contribution is -2.27. The summed E-state index contributed by atoms with van der Waals surface area (Å²) in [6.07, 6.45) is 1.64. The molecule has 3 rings (SSSR count). The molecule has 0 saturated carbocycles. The number of anilines is 2. The summed E-state index contributed by atoms with van der Waals surface area (Å²) in [6.45, 7) is 0.336. The van der Waals surface area contributed by atoms with Crippen LogP contribution in [-0.2, 0) is 26.5 Å². The molecule has 2 aromatic carbocycles. The topological polar surface area (TPSA) is 83.6 Å². The van der Waals surface area contributed by atoms with Gasteiger partial charge < -0.3 is 0 Å². The lowest BCUT2D eigenvalue weighted by Gasteiger charge is -2.16. The van der Waals surface area contributed by atoms with Gasteiger partial charge in [0.1, 0.15) is 5.82 Å². The van der Waals surface area contributed by atoms with Gasteiger partial charge in [-0.3, -0.25) is 9.03 Å². The maximum atomic E-state index is 12.9. The van der Waals surface area contributed by atoms with Crippen LogP contribution < -0.4 is 9.03 Å². The minimum Gasteiger partial charge on any atom is -0.280 e. The van der Waals surface area contributed by atoms with E-state index in [1.165, 1.54) is 22.5 Å². The first-order valence-corrected chi connectivity index (χ1v) is 10.4. The maximum absolute atomic E-state index is 12.9. The molecule has 0 aliphatic carbocycles. The molecule has 1 N–H and O–H groups in total. The number of nitrogens with one attached hydrogen (secondary N) is 1. The fraction of sp³-hybridized carbons (Fsp3) is 0.200. The highest BCUT2D eigenvalue weighted by Gasteiger charge is 2.26. The third-order valence-electron chi connectivity index (χ3n) is 3.71. The molecule has 1 aliphatic rings. The summed E-state index contributed by atoms with van der Waals surface area (Å²) in [5, 5.41) is 0. The minimum absolute atomic E-state index is 0.0536. The Bertz CT molecular complexity index is 987. The van der Waals surface area contributed by atoms with Gasteiger partial charge in [0.2, 0.25) is 10.0 Å². The third kappa shape index (κ3) is 3.22. The number of halogens is 1. The monoisotopic (exact) mass is 370 g/mol. The van der Waals surface area contributed by atoms with Crippen molar-refractivity contribution in [3.05, 3.63) is 53.8 Å². The van der Waals surface area contributed by atoms with Gasteiger partial charge in [-0.25, -0.2) is 21.2 Å². The molecule has 2 aromatic rings. The van der Waals surface area contributed by atoms with E-state index in [2.05, 4.69) is 4.72 Å². The maximum Gasteiger partial charge on any atom is 0.261 e. The molecule has 6 nitrogen and oxygen atoms in total. The normalized spacial score (nSPS) is 14.5. The summed E-state index contributed by atoms with van der Waals surface area (Å²) in [4.78, 5) is -0.0536. The average molecular weight is 370 g/mol. The molecular formula is C15H15FN2O4S2. The molecule has 1 heterocycles. The fourth-order valence-electron chi connectivity index (χ4n) is 2.61. The van der Waals surface area contributed by atoms with Crippen LogP contribution >= 0.6 is 0 Å². The van der Waals surface area contributed by atoms with Crippen LogP contribution in [0, 0.1) is 5.82 Å². The Hall–Kier alpha value is -2.13. The second-order valence-electron chi connectivity index (χ2n) is 5.49. The molecule has 24 heavy (non-hydrogen) atoms. The van der Waals surface area contributed by atoms with Gasteiger partial charge >= 0.3 is 0 Å². The van der Waals surface area contributed by atoms with Gasteiger partial charge in [0.15, 0.2) is 0 Å². The van der Waals surface area contributed by atoms with Crippen molar-refractivity contribution in [1.29, 1.82) is 0 Å². The molecule has 1 aliphatic heterocycles. The van der Waals surface area contributed by atoms with E-state index in [9.17, 15) is 21.2 Å². The van der Waals surface area contributed by atoms with Gasteiger partial charge in [-0.1, -0.05) is 0 Å². The molecule has 0 bridgehead atoms. The van der Waals surface area contributed by atoms with Crippen LogP contribution in [0.4, 0.5) is 15.8 Å². The zero-order chi connectivity index (χ0) is 17.5. The number of rotatable bonds is 4. The van der Waals surface area contributed by atoms with Crippen LogP contribution in [0.2, 0.25) is 0 Å². The van der Waals surface area contributed by atoms with Crippen LogP contribution in [0.5, 0.6) is 0 Å². The predicted octanol–water partition coefficient (Wildman–Crippen LogP) is 1.95. The zero-order valence-electron chi connectivity index (χ0n) is 12.7. The Morgan fingerprint density at radius 3 is 2.33 bits per heavy atom. The summed E-state index contributed by atoms with van der Waals surface area (Å²) in [5.41, 5.74) is 1.63. The average Bonchev–Trinajstić information content (AvgIpc) is 2.90. The zero-order valence-corrected chi connectivity index (χ0v) is 14.4. The quantitative estimate of drug-likeness (QED) is 0.892. The van der Waals surface area contributed by atoms with Crippen LogP contribution in [-0.4, -0.2) is 29.6 Å². The van der Waals surface area contributed by atoms with E-state index >= 15 is 0 Å². The van der Waals surface area contributed by atoms with E-state index in [1.54, 1.807) is 12.1 Å². The molecular weight excluding hydrogens is 355 g/mol. The van der Waals surface area contributed by atoms with Crippen LogP contribution in [0.1, 0.15) is 5.56 Å². The Kier molecular flexibility index (Phi) is 4.00. The molecule has 0 radical (unpaired) electrons. The number of hydrogen-bond donors (Lipinski definition) is 1. The van der Waals surface area contributed by atoms with Crippen molar-refractivity contribution in [2.45, 2.75) is 11.3 Å². The molecule has 128 valence electrons. The Morgan fingerprint density at radius 1 is 1.04 bits per heavy atom. The third-order valence-corrected chi connectivity index (χ3v) is 6.29. The van der Waals surface area contributed by atoms with E-state index in [1.807, 2.05) is 0 Å². The molecule has 0 spiro atoms. The number of sulfonamides is 2. The fourth-order valence-corrected chi connectivity index (χ4v) is 4.62. The van der Waals surface area contributed by atoms with Crippen molar-refractivity contribution in [2.75, 3.05) is 21.8 Å². The molecule has 0 fully saturated rings. The van der Waals surface area contributed by atoms with E-state index in [0.717, 1.165) is 24.0 Å². The molecule has 0 unspecified atom stereocenters. The largest absolute Gasteiger partial charge is 0.280 e. The highest BCUT2D eigenvalue weighted by atomic mass is 32.2. The molecule has 0 amide bonds. The lowest BCUT2D eigenvalue weighted by atomic mass is 10.1. The standard InChI is InChI=1S/C15H15FN2O4S2/c1-23(19,20)18-9-8-11-10-13(4-7-15(11)18)17-24(21,22)14-5-2-12(16)3-6-14/h2-7,10,17H,8-9H2,1H3.